The van der Waals surface area contributed by atoms with Crippen molar-refractivity contribution in [1.29, 1.82) is 0 Å². The van der Waals surface area contributed by atoms with Gasteiger partial charge in [0.2, 0.25) is 0 Å². The summed E-state index contributed by atoms with van der Waals surface area (Å²) in [6.07, 6.45) is -1.96. The topological polar surface area (TPSA) is 80.3 Å². The van der Waals surface area contributed by atoms with Gasteiger partial charge in [-0.05, 0) is 44.7 Å². The predicted octanol–water partition coefficient (Wildman–Crippen LogP) is 3.60. The van der Waals surface area contributed by atoms with Gasteiger partial charge in [0.05, 0.1) is 12.8 Å². The molecular formula is C19H20F3N3O3S. The number of carbonyl (C=O) groups excluding carboxylic acids is 2. The number of benzene rings is 1. The van der Waals surface area contributed by atoms with E-state index < -0.39 is 23.7 Å². The fraction of sp³-hybridized carbons (Fsp3) is 0.421. The molecule has 0 bridgehead atoms. The first-order valence-electron chi connectivity index (χ1n) is 8.97. The molecule has 0 spiro atoms. The van der Waals surface area contributed by atoms with Crippen molar-refractivity contribution < 1.29 is 27.5 Å². The maximum atomic E-state index is 14.1. The number of aromatic nitrogens is 1. The van der Waals surface area contributed by atoms with E-state index in [2.05, 4.69) is 15.0 Å². The molecule has 6 nitrogen and oxygen atoms in total. The normalized spacial score (nSPS) is 15.8. The molecule has 0 aliphatic heterocycles. The Labute approximate surface area is 169 Å². The molecule has 1 aromatic carbocycles. The van der Waals surface area contributed by atoms with E-state index in [4.69, 9.17) is 0 Å². The van der Waals surface area contributed by atoms with Gasteiger partial charge in [0.1, 0.15) is 0 Å². The number of thiazole rings is 1. The minimum Gasteiger partial charge on any atom is -0.466 e. The Balaban J connectivity index is 1.98. The van der Waals surface area contributed by atoms with E-state index in [1.165, 1.54) is 12.1 Å². The molecule has 0 saturated heterocycles. The van der Waals surface area contributed by atoms with E-state index >= 15 is 0 Å². The summed E-state index contributed by atoms with van der Waals surface area (Å²) in [6.45, 7) is 1.78. The number of nitrogens with zero attached hydrogens (tertiary/aromatic N) is 1. The highest BCUT2D eigenvalue weighted by Gasteiger charge is 2.64. The van der Waals surface area contributed by atoms with Crippen molar-refractivity contribution in [1.82, 2.24) is 10.3 Å². The molecule has 1 heterocycles. The highest BCUT2D eigenvalue weighted by atomic mass is 32.1. The fourth-order valence-corrected chi connectivity index (χ4v) is 4.16. The molecule has 1 atom stereocenters. The quantitative estimate of drug-likeness (QED) is 0.563. The third-order valence-electron chi connectivity index (χ3n) is 4.67. The number of hydrogen-bond acceptors (Lipinski definition) is 6. The SMILES string of the molecule is COC(=O)C(NC(=O)c1ccc(C)cc1)(Nc1nc2c(s1)CCCC2)C(F)(F)F. The van der Waals surface area contributed by atoms with E-state index in [1.54, 1.807) is 24.4 Å². The van der Waals surface area contributed by atoms with E-state index in [9.17, 15) is 22.8 Å². The first kappa shape index (κ1) is 21.1. The Morgan fingerprint density at radius 3 is 2.38 bits per heavy atom. The molecule has 2 N–H and O–H groups in total. The van der Waals surface area contributed by atoms with Crippen molar-refractivity contribution >= 4 is 28.3 Å². The van der Waals surface area contributed by atoms with Crippen LogP contribution in [0.1, 0.15) is 39.3 Å². The van der Waals surface area contributed by atoms with Crippen LogP contribution in [-0.2, 0) is 22.4 Å². The maximum Gasteiger partial charge on any atom is 0.442 e. The number of nitrogens with one attached hydrogen (secondary N) is 2. The largest absolute Gasteiger partial charge is 0.466 e. The van der Waals surface area contributed by atoms with Crippen molar-refractivity contribution in [3.05, 3.63) is 46.0 Å². The second-order valence-electron chi connectivity index (χ2n) is 6.78. The van der Waals surface area contributed by atoms with Gasteiger partial charge in [0.25, 0.3) is 5.91 Å². The van der Waals surface area contributed by atoms with Gasteiger partial charge in [-0.1, -0.05) is 17.7 Å². The summed E-state index contributed by atoms with van der Waals surface area (Å²) in [4.78, 5) is 29.9. The van der Waals surface area contributed by atoms with E-state index in [-0.39, 0.29) is 10.7 Å². The van der Waals surface area contributed by atoms with Gasteiger partial charge < -0.3 is 15.4 Å². The van der Waals surface area contributed by atoms with Crippen molar-refractivity contribution in [2.24, 2.45) is 0 Å². The molecule has 1 amide bonds. The van der Waals surface area contributed by atoms with Crippen LogP contribution >= 0.6 is 11.3 Å². The van der Waals surface area contributed by atoms with Crippen LogP contribution in [0.5, 0.6) is 0 Å². The Hall–Kier alpha value is -2.62. The highest BCUT2D eigenvalue weighted by molar-refractivity contribution is 7.15. The number of carbonyl (C=O) groups is 2. The standard InChI is InChI=1S/C19H20F3N3O3S/c1-11-7-9-12(10-8-11)15(26)24-18(16(27)28-2,19(20,21)22)25-17-23-13-5-3-4-6-14(13)29-17/h7-10H,3-6H2,1-2H3,(H,23,25)(H,24,26). The molecular weight excluding hydrogens is 407 g/mol. The lowest BCUT2D eigenvalue weighted by atomic mass is 10.0. The number of aryl methyl sites for hydroxylation is 3. The van der Waals surface area contributed by atoms with Crippen LogP contribution in [-0.4, -0.2) is 35.8 Å². The number of hydrogen-bond donors (Lipinski definition) is 2. The molecule has 1 aliphatic carbocycles. The van der Waals surface area contributed by atoms with Crippen molar-refractivity contribution in [2.45, 2.75) is 44.4 Å². The monoisotopic (exact) mass is 427 g/mol. The van der Waals surface area contributed by atoms with Gasteiger partial charge >= 0.3 is 17.8 Å². The Kier molecular flexibility index (Phi) is 5.83. The van der Waals surface area contributed by atoms with Gasteiger partial charge in [0.15, 0.2) is 5.13 Å². The summed E-state index contributed by atoms with van der Waals surface area (Å²) in [6, 6.07) is 5.94. The number of rotatable bonds is 5. The van der Waals surface area contributed by atoms with Gasteiger partial charge in [-0.15, -0.1) is 11.3 Å². The summed E-state index contributed by atoms with van der Waals surface area (Å²) in [5.74, 6) is -2.75. The third-order valence-corrected chi connectivity index (χ3v) is 5.74. The molecule has 1 aliphatic rings. The van der Waals surface area contributed by atoms with Gasteiger partial charge in [0, 0.05) is 10.4 Å². The Morgan fingerprint density at radius 2 is 1.79 bits per heavy atom. The van der Waals surface area contributed by atoms with Gasteiger partial charge in [-0.25, -0.2) is 9.78 Å². The summed E-state index contributed by atoms with van der Waals surface area (Å²) in [5.41, 5.74) is -1.93. The van der Waals surface area contributed by atoms with E-state index in [0.29, 0.717) is 6.42 Å². The summed E-state index contributed by atoms with van der Waals surface area (Å²) >= 11 is 1.05. The molecule has 10 heteroatoms. The van der Waals surface area contributed by atoms with Gasteiger partial charge in [-0.2, -0.15) is 13.2 Å². The van der Waals surface area contributed by atoms with Crippen LogP contribution in [0.25, 0.3) is 0 Å². The van der Waals surface area contributed by atoms with Crippen molar-refractivity contribution in [3.63, 3.8) is 0 Å². The number of ether oxygens (including phenoxy) is 1. The fourth-order valence-electron chi connectivity index (χ4n) is 3.06. The average Bonchev–Trinajstić information content (AvgIpc) is 3.08. The van der Waals surface area contributed by atoms with Crippen LogP contribution in [0.3, 0.4) is 0 Å². The first-order valence-corrected chi connectivity index (χ1v) is 9.79. The third kappa shape index (κ3) is 4.21. The molecule has 1 unspecified atom stereocenters. The number of halogens is 3. The number of esters is 1. The van der Waals surface area contributed by atoms with Crippen LogP contribution < -0.4 is 10.6 Å². The second-order valence-corrected chi connectivity index (χ2v) is 7.86. The number of anilines is 1. The molecule has 3 rings (SSSR count). The summed E-state index contributed by atoms with van der Waals surface area (Å²) in [5, 5.41) is 3.84. The van der Waals surface area contributed by atoms with Crippen LogP contribution in [0.2, 0.25) is 0 Å². The summed E-state index contributed by atoms with van der Waals surface area (Å²) < 4.78 is 46.8. The first-order chi connectivity index (χ1) is 13.7. The molecule has 1 aromatic heterocycles. The molecule has 2 aromatic rings. The minimum atomic E-state index is -5.19. The second kappa shape index (κ2) is 8.02. The minimum absolute atomic E-state index is 0.0200. The predicted molar refractivity (Wildman–Crippen MR) is 102 cm³/mol. The van der Waals surface area contributed by atoms with E-state index in [0.717, 1.165) is 53.8 Å². The van der Waals surface area contributed by atoms with Crippen LogP contribution in [0, 0.1) is 6.92 Å². The summed E-state index contributed by atoms with van der Waals surface area (Å²) in [7, 11) is 0.829. The van der Waals surface area contributed by atoms with Crippen molar-refractivity contribution in [3.8, 4) is 0 Å². The number of amides is 1. The van der Waals surface area contributed by atoms with Crippen molar-refractivity contribution in [2.75, 3.05) is 12.4 Å². The lowest BCUT2D eigenvalue weighted by molar-refractivity contribution is -0.203. The number of methoxy groups -OCH3 is 1. The maximum absolute atomic E-state index is 14.1. The van der Waals surface area contributed by atoms with Crippen LogP contribution in [0.15, 0.2) is 24.3 Å². The lowest BCUT2D eigenvalue weighted by Gasteiger charge is -2.34. The smallest absolute Gasteiger partial charge is 0.442 e. The number of alkyl halides is 3. The van der Waals surface area contributed by atoms with Crippen LogP contribution in [0.4, 0.5) is 18.3 Å². The van der Waals surface area contributed by atoms with E-state index in [1.807, 2.05) is 0 Å². The number of fused-ring (bicyclic) bond motifs is 1. The Morgan fingerprint density at radius 1 is 1.14 bits per heavy atom. The lowest BCUT2D eigenvalue weighted by Crippen LogP contribution is -2.69. The molecule has 0 radical (unpaired) electrons. The Bertz CT molecular complexity index is 888. The molecule has 156 valence electrons. The molecule has 0 saturated carbocycles. The van der Waals surface area contributed by atoms with Gasteiger partial charge in [-0.3, -0.25) is 4.79 Å². The zero-order chi connectivity index (χ0) is 21.2. The highest BCUT2D eigenvalue weighted by Crippen LogP contribution is 2.36. The molecule has 0 fully saturated rings. The average molecular weight is 427 g/mol. The molecule has 29 heavy (non-hydrogen) atoms. The zero-order valence-electron chi connectivity index (χ0n) is 15.9. The zero-order valence-corrected chi connectivity index (χ0v) is 16.7.